The number of likely N-dealkylation sites (N-methyl/N-ethyl adjacent to an activating group) is 1. The molecule has 3 aromatic rings. The largest absolute Gasteiger partial charge is 0.492 e. The van der Waals surface area contributed by atoms with E-state index in [0.717, 1.165) is 66.2 Å². The Morgan fingerprint density at radius 1 is 1.14 bits per heavy atom. The van der Waals surface area contributed by atoms with Crippen LogP contribution in [0, 0.1) is 6.92 Å². The molecule has 4 rings (SSSR count). The van der Waals surface area contributed by atoms with Gasteiger partial charge in [0.1, 0.15) is 11.3 Å². The van der Waals surface area contributed by atoms with E-state index in [1.54, 1.807) is 13.1 Å². The van der Waals surface area contributed by atoms with Crippen LogP contribution in [-0.2, 0) is 4.74 Å². The van der Waals surface area contributed by atoms with Crippen molar-refractivity contribution < 1.29 is 14.3 Å². The van der Waals surface area contributed by atoms with Gasteiger partial charge in [-0.2, -0.15) is 0 Å². The predicted octanol–water partition coefficient (Wildman–Crippen LogP) is 5.66. The molecular weight excluding hydrogens is 464 g/mol. The summed E-state index contributed by atoms with van der Waals surface area (Å²) in [5.74, 6) is 0.377. The van der Waals surface area contributed by atoms with Gasteiger partial charge in [0.25, 0.3) is 0 Å². The van der Waals surface area contributed by atoms with Crippen LogP contribution in [0.3, 0.4) is 0 Å². The van der Waals surface area contributed by atoms with Crippen LogP contribution in [0.4, 0.5) is 17.1 Å². The smallest absolute Gasteiger partial charge is 0.341 e. The highest BCUT2D eigenvalue weighted by Crippen LogP contribution is 2.39. The molecule has 0 aliphatic carbocycles. The van der Waals surface area contributed by atoms with Crippen LogP contribution >= 0.6 is 11.6 Å². The molecule has 2 heterocycles. The second-order valence-electron chi connectivity index (χ2n) is 8.72. The highest BCUT2D eigenvalue weighted by Gasteiger charge is 2.22. The molecule has 2 aromatic carbocycles. The topological polar surface area (TPSA) is 66.9 Å². The average molecular weight is 497 g/mol. The number of rotatable bonds is 7. The van der Waals surface area contributed by atoms with E-state index in [2.05, 4.69) is 33.2 Å². The first-order valence-corrected chi connectivity index (χ1v) is 12.5. The monoisotopic (exact) mass is 496 g/mol. The fourth-order valence-corrected chi connectivity index (χ4v) is 4.56. The highest BCUT2D eigenvalue weighted by atomic mass is 35.5. The number of hydrogen-bond acceptors (Lipinski definition) is 7. The van der Waals surface area contributed by atoms with E-state index in [1.807, 2.05) is 38.1 Å². The zero-order valence-corrected chi connectivity index (χ0v) is 21.6. The Labute approximate surface area is 212 Å². The minimum Gasteiger partial charge on any atom is -0.492 e. The van der Waals surface area contributed by atoms with Crippen molar-refractivity contribution in [1.29, 1.82) is 0 Å². The van der Waals surface area contributed by atoms with Crippen molar-refractivity contribution in [2.45, 2.75) is 27.2 Å². The quantitative estimate of drug-likeness (QED) is 0.423. The van der Waals surface area contributed by atoms with E-state index < -0.39 is 5.97 Å². The van der Waals surface area contributed by atoms with Crippen LogP contribution < -0.4 is 15.0 Å². The van der Waals surface area contributed by atoms with E-state index in [0.29, 0.717) is 22.9 Å². The number of carbonyl (C=O) groups excluding carboxylic acids is 1. The molecule has 0 bridgehead atoms. The lowest BCUT2D eigenvalue weighted by atomic mass is 10.1. The molecule has 1 N–H and O–H groups in total. The Balaban J connectivity index is 1.91. The summed E-state index contributed by atoms with van der Waals surface area (Å²) in [6, 6.07) is 9.74. The Morgan fingerprint density at radius 3 is 2.74 bits per heavy atom. The molecule has 7 nitrogen and oxygen atoms in total. The van der Waals surface area contributed by atoms with Gasteiger partial charge in [-0.25, -0.2) is 4.79 Å². The number of carbonyl (C=O) groups is 1. The van der Waals surface area contributed by atoms with Gasteiger partial charge in [-0.3, -0.25) is 4.98 Å². The summed E-state index contributed by atoms with van der Waals surface area (Å²) in [5, 5.41) is 4.95. The molecule has 0 radical (unpaired) electrons. The molecule has 186 valence electrons. The van der Waals surface area contributed by atoms with Gasteiger partial charge in [0.15, 0.2) is 0 Å². The van der Waals surface area contributed by atoms with Crippen molar-refractivity contribution in [3.05, 3.63) is 52.7 Å². The number of fused-ring (bicyclic) bond motifs is 1. The number of halogens is 1. The third kappa shape index (κ3) is 5.46. The van der Waals surface area contributed by atoms with Gasteiger partial charge in [-0.1, -0.05) is 17.7 Å². The number of anilines is 3. The number of pyridine rings is 1. The van der Waals surface area contributed by atoms with E-state index in [9.17, 15) is 4.79 Å². The van der Waals surface area contributed by atoms with E-state index in [-0.39, 0.29) is 6.61 Å². The fourth-order valence-electron chi connectivity index (χ4n) is 4.39. The number of nitrogens with zero attached hydrogens (tertiary/aromatic N) is 3. The molecule has 1 aliphatic rings. The van der Waals surface area contributed by atoms with Crippen molar-refractivity contribution in [1.82, 2.24) is 9.88 Å². The van der Waals surface area contributed by atoms with Gasteiger partial charge >= 0.3 is 5.97 Å². The molecule has 1 aromatic heterocycles. The van der Waals surface area contributed by atoms with Crippen molar-refractivity contribution in [2.24, 2.45) is 0 Å². The summed E-state index contributed by atoms with van der Waals surface area (Å²) in [7, 11) is 2.15. The van der Waals surface area contributed by atoms with Gasteiger partial charge in [0.2, 0.25) is 0 Å². The zero-order chi connectivity index (χ0) is 24.9. The van der Waals surface area contributed by atoms with Gasteiger partial charge < -0.3 is 24.6 Å². The Hall–Kier alpha value is -3.03. The molecule has 0 saturated carbocycles. The maximum atomic E-state index is 12.9. The summed E-state index contributed by atoms with van der Waals surface area (Å²) in [6.45, 7) is 10.4. The summed E-state index contributed by atoms with van der Waals surface area (Å²) < 4.78 is 11.4. The van der Waals surface area contributed by atoms with Crippen LogP contribution in [0.2, 0.25) is 5.02 Å². The minimum absolute atomic E-state index is 0.280. The van der Waals surface area contributed by atoms with E-state index >= 15 is 0 Å². The van der Waals surface area contributed by atoms with Crippen molar-refractivity contribution in [3.63, 3.8) is 0 Å². The van der Waals surface area contributed by atoms with Crippen LogP contribution in [0.1, 0.15) is 36.2 Å². The lowest BCUT2D eigenvalue weighted by molar-refractivity contribution is 0.0527. The number of esters is 1. The standard InChI is InChI=1S/C27H33ClN4O3/c1-5-34-25-16-23-19(15-24(25)32-12-8-11-31(4)13-14-32)26(20(17-29-23)27(33)35-6-2)30-22-10-7-9-21(28)18(22)3/h7,9-10,15-17H,5-6,8,11-14H2,1-4H3,(H,29,30). The summed E-state index contributed by atoms with van der Waals surface area (Å²) in [4.78, 5) is 22.2. The number of ether oxygens (including phenoxy) is 2. The molecule has 8 heteroatoms. The van der Waals surface area contributed by atoms with Crippen LogP contribution in [0.15, 0.2) is 36.5 Å². The molecule has 0 spiro atoms. The molecular formula is C27H33ClN4O3. The number of benzene rings is 2. The van der Waals surface area contributed by atoms with Crippen molar-refractivity contribution in [3.8, 4) is 5.75 Å². The van der Waals surface area contributed by atoms with Crippen molar-refractivity contribution in [2.75, 3.05) is 56.7 Å². The van der Waals surface area contributed by atoms with Crippen LogP contribution in [0.5, 0.6) is 5.75 Å². The number of aromatic nitrogens is 1. The van der Waals surface area contributed by atoms with Gasteiger partial charge in [0.05, 0.1) is 30.1 Å². The second kappa shape index (κ2) is 11.1. The summed E-state index contributed by atoms with van der Waals surface area (Å²) in [6.07, 6.45) is 2.63. The third-order valence-electron chi connectivity index (χ3n) is 6.33. The molecule has 0 amide bonds. The SMILES string of the molecule is CCOC(=O)c1cnc2cc(OCC)c(N3CCCN(C)CC3)cc2c1Nc1cccc(Cl)c1C. The second-order valence-corrected chi connectivity index (χ2v) is 9.13. The predicted molar refractivity (Wildman–Crippen MR) is 143 cm³/mol. The van der Waals surface area contributed by atoms with Gasteiger partial charge in [-0.15, -0.1) is 0 Å². The molecule has 0 atom stereocenters. The summed E-state index contributed by atoms with van der Waals surface area (Å²) >= 11 is 6.39. The first-order chi connectivity index (χ1) is 16.9. The van der Waals surface area contributed by atoms with Gasteiger partial charge in [0, 0.05) is 48.0 Å². The fraction of sp³-hybridized carbons (Fsp3) is 0.407. The van der Waals surface area contributed by atoms with Crippen molar-refractivity contribution >= 4 is 45.5 Å². The zero-order valence-electron chi connectivity index (χ0n) is 20.9. The molecule has 35 heavy (non-hydrogen) atoms. The first-order valence-electron chi connectivity index (χ1n) is 12.1. The van der Waals surface area contributed by atoms with E-state index in [4.69, 9.17) is 21.1 Å². The number of hydrogen-bond donors (Lipinski definition) is 1. The first kappa shape index (κ1) is 25.1. The highest BCUT2D eigenvalue weighted by molar-refractivity contribution is 6.31. The van der Waals surface area contributed by atoms with Gasteiger partial charge in [-0.05, 0) is 64.5 Å². The maximum Gasteiger partial charge on any atom is 0.341 e. The normalized spacial score (nSPS) is 14.6. The Kier molecular flexibility index (Phi) is 7.98. The molecule has 1 saturated heterocycles. The maximum absolute atomic E-state index is 12.9. The van der Waals surface area contributed by atoms with E-state index in [1.165, 1.54) is 0 Å². The molecule has 0 unspecified atom stereocenters. The lowest BCUT2D eigenvalue weighted by Crippen LogP contribution is -2.29. The third-order valence-corrected chi connectivity index (χ3v) is 6.74. The number of nitrogens with one attached hydrogen (secondary N) is 1. The Morgan fingerprint density at radius 2 is 1.97 bits per heavy atom. The summed E-state index contributed by atoms with van der Waals surface area (Å²) in [5.41, 5.74) is 4.49. The molecule has 1 aliphatic heterocycles. The average Bonchev–Trinajstić information content (AvgIpc) is 3.06. The molecule has 1 fully saturated rings. The minimum atomic E-state index is -0.420. The van der Waals surface area contributed by atoms with Crippen LogP contribution in [-0.4, -0.2) is 62.3 Å². The Bertz CT molecular complexity index is 1220. The van der Waals surface area contributed by atoms with Crippen LogP contribution in [0.25, 0.3) is 10.9 Å². The lowest BCUT2D eigenvalue weighted by Gasteiger charge is -2.26.